The average molecular weight is 439 g/mol. The SMILES string of the molecule is CN[C@H]1CN=C(C(=CN)[S-](=O)=NC(=O)Nc2c(C(C)C)cc(F)cc2C(C)C)OC1. The lowest BCUT2D eigenvalue weighted by atomic mass is 9.92. The van der Waals surface area contributed by atoms with Crippen LogP contribution in [0.25, 0.3) is 0 Å². The van der Waals surface area contributed by atoms with Gasteiger partial charge < -0.3 is 29.7 Å². The van der Waals surface area contributed by atoms with E-state index in [0.717, 1.165) is 6.20 Å². The van der Waals surface area contributed by atoms with Crippen molar-refractivity contribution in [2.45, 2.75) is 45.6 Å². The van der Waals surface area contributed by atoms with Crippen LogP contribution < -0.4 is 16.4 Å². The van der Waals surface area contributed by atoms with Gasteiger partial charge in [-0.3, -0.25) is 4.99 Å². The number of amides is 2. The van der Waals surface area contributed by atoms with E-state index in [1.165, 1.54) is 12.1 Å². The number of nitrogens with one attached hydrogen (secondary N) is 2. The summed E-state index contributed by atoms with van der Waals surface area (Å²) in [7, 11) is -0.323. The molecule has 1 aliphatic heterocycles. The van der Waals surface area contributed by atoms with Gasteiger partial charge in [-0.1, -0.05) is 27.7 Å². The molecular weight excluding hydrogens is 409 g/mol. The van der Waals surface area contributed by atoms with Crippen molar-refractivity contribution >= 4 is 28.2 Å². The van der Waals surface area contributed by atoms with Crippen molar-refractivity contribution in [2.75, 3.05) is 25.5 Å². The number of benzene rings is 1. The predicted molar refractivity (Wildman–Crippen MR) is 117 cm³/mol. The van der Waals surface area contributed by atoms with Gasteiger partial charge >= 0.3 is 6.03 Å². The van der Waals surface area contributed by atoms with Crippen LogP contribution in [-0.4, -0.2) is 38.2 Å². The van der Waals surface area contributed by atoms with Gasteiger partial charge in [0, 0.05) is 5.69 Å². The number of carbonyl (C=O) groups excluding carboxylic acids is 1. The minimum atomic E-state index is -2.11. The van der Waals surface area contributed by atoms with E-state index in [4.69, 9.17) is 10.5 Å². The molecule has 0 bridgehead atoms. The lowest BCUT2D eigenvalue weighted by Crippen LogP contribution is -2.38. The number of anilines is 1. The van der Waals surface area contributed by atoms with Gasteiger partial charge in [0.25, 0.3) is 0 Å². The van der Waals surface area contributed by atoms with Crippen molar-refractivity contribution < 1.29 is 18.1 Å². The third-order valence-electron chi connectivity index (χ3n) is 4.64. The minimum absolute atomic E-state index is 0.0203. The summed E-state index contributed by atoms with van der Waals surface area (Å²) < 4.78 is 35.8. The lowest BCUT2D eigenvalue weighted by Gasteiger charge is -2.24. The van der Waals surface area contributed by atoms with Gasteiger partial charge in [0.15, 0.2) is 5.90 Å². The molecule has 0 aromatic heterocycles. The third-order valence-corrected chi connectivity index (χ3v) is 5.66. The maximum absolute atomic E-state index is 14.0. The summed E-state index contributed by atoms with van der Waals surface area (Å²) in [6.45, 7) is 8.36. The molecule has 4 N–H and O–H groups in total. The molecule has 166 valence electrons. The van der Waals surface area contributed by atoms with Crippen molar-refractivity contribution in [1.29, 1.82) is 0 Å². The van der Waals surface area contributed by atoms with Gasteiger partial charge in [0.2, 0.25) is 0 Å². The van der Waals surface area contributed by atoms with Crippen LogP contribution in [0.2, 0.25) is 0 Å². The van der Waals surface area contributed by atoms with E-state index in [2.05, 4.69) is 20.0 Å². The van der Waals surface area contributed by atoms with Crippen LogP contribution in [-0.2, 0) is 19.5 Å². The maximum atomic E-state index is 14.0. The second-order valence-corrected chi connectivity index (χ2v) is 8.63. The van der Waals surface area contributed by atoms with Gasteiger partial charge in [0.1, 0.15) is 12.4 Å². The molecule has 0 spiro atoms. The number of aliphatic imine (C=N–C) groups is 1. The molecule has 0 unspecified atom stereocenters. The smallest absolute Gasteiger partial charge is 0.322 e. The number of halogens is 1. The Morgan fingerprint density at radius 3 is 2.37 bits per heavy atom. The summed E-state index contributed by atoms with van der Waals surface area (Å²) in [4.78, 5) is 16.8. The fourth-order valence-corrected chi connectivity index (χ4v) is 3.64. The Bertz CT molecular complexity index is 907. The summed E-state index contributed by atoms with van der Waals surface area (Å²) in [5.74, 6) is -0.347. The Morgan fingerprint density at radius 1 is 1.33 bits per heavy atom. The van der Waals surface area contributed by atoms with Gasteiger partial charge in [0.05, 0.1) is 12.6 Å². The highest BCUT2D eigenvalue weighted by molar-refractivity contribution is 7.80. The van der Waals surface area contributed by atoms with Gasteiger partial charge in [-0.25, -0.2) is 9.18 Å². The predicted octanol–water partition coefficient (Wildman–Crippen LogP) is 3.57. The highest BCUT2D eigenvalue weighted by Gasteiger charge is 2.18. The molecule has 0 saturated heterocycles. The third kappa shape index (κ3) is 5.79. The van der Waals surface area contributed by atoms with E-state index in [-0.39, 0.29) is 34.5 Å². The summed E-state index contributed by atoms with van der Waals surface area (Å²) >= 11 is 0. The molecule has 0 radical (unpaired) electrons. The molecule has 1 aromatic carbocycles. The number of nitrogens with zero attached hydrogens (tertiary/aromatic N) is 2. The quantitative estimate of drug-likeness (QED) is 0.587. The van der Waals surface area contributed by atoms with E-state index < -0.39 is 16.6 Å². The molecule has 2 amide bonds. The first-order chi connectivity index (χ1) is 14.2. The standard InChI is InChI=1S/C20H29FN5O3S/c1-11(2)15-6-13(21)7-16(12(3)4)18(15)25-20(27)26-30(28)17(8-22)19-24-9-14(23-5)10-29-19/h6-8,11-12,14,23H,9-10,22H2,1-5H3,(H,25,27)/q-1/t14-/m0/s1. The molecule has 1 heterocycles. The van der Waals surface area contributed by atoms with Crippen LogP contribution in [0.15, 0.2) is 32.6 Å². The molecule has 1 aromatic rings. The number of hydrogen-bond donors (Lipinski definition) is 3. The molecule has 0 aliphatic carbocycles. The normalized spacial score (nSPS) is 18.3. The highest BCUT2D eigenvalue weighted by Crippen LogP contribution is 2.33. The Balaban J connectivity index is 2.31. The molecule has 1 atom stereocenters. The van der Waals surface area contributed by atoms with Crippen molar-refractivity contribution in [3.05, 3.63) is 40.2 Å². The molecule has 10 heteroatoms. The second kappa shape index (κ2) is 10.5. The van der Waals surface area contributed by atoms with Crippen LogP contribution >= 0.6 is 0 Å². The zero-order valence-electron chi connectivity index (χ0n) is 17.9. The van der Waals surface area contributed by atoms with Crippen LogP contribution in [0.3, 0.4) is 0 Å². The Hall–Kier alpha value is -2.46. The molecule has 8 nitrogen and oxygen atoms in total. The van der Waals surface area contributed by atoms with Gasteiger partial charge in [-0.15, -0.1) is 10.6 Å². The number of hydrogen-bond acceptors (Lipinski definition) is 7. The first-order valence-corrected chi connectivity index (χ1v) is 10.8. The zero-order chi connectivity index (χ0) is 22.4. The largest absolute Gasteiger partial charge is 0.477 e. The Kier molecular flexibility index (Phi) is 8.36. The van der Waals surface area contributed by atoms with Crippen molar-refractivity contribution in [3.63, 3.8) is 0 Å². The Labute approximate surface area is 178 Å². The number of ether oxygens (including phenoxy) is 1. The number of nitrogens with two attached hydrogens (primary N) is 1. The van der Waals surface area contributed by atoms with Gasteiger partial charge in [-0.2, -0.15) is 0 Å². The van der Waals surface area contributed by atoms with Crippen LogP contribution in [0.4, 0.5) is 14.9 Å². The van der Waals surface area contributed by atoms with E-state index in [1.807, 2.05) is 27.7 Å². The minimum Gasteiger partial charge on any atom is -0.477 e. The van der Waals surface area contributed by atoms with Gasteiger partial charge in [-0.05, 0) is 53.2 Å². The molecule has 30 heavy (non-hydrogen) atoms. The molecule has 1 aliphatic rings. The Morgan fingerprint density at radius 2 is 1.93 bits per heavy atom. The van der Waals surface area contributed by atoms with Crippen molar-refractivity contribution in [3.8, 4) is 0 Å². The lowest BCUT2D eigenvalue weighted by molar-refractivity contribution is 0.244. The number of likely N-dealkylation sites (N-methyl/N-ethyl adjacent to an activating group) is 1. The maximum Gasteiger partial charge on any atom is 0.322 e. The summed E-state index contributed by atoms with van der Waals surface area (Å²) in [6.07, 6.45) is 1.07. The highest BCUT2D eigenvalue weighted by atomic mass is 32.2. The van der Waals surface area contributed by atoms with Crippen LogP contribution in [0.1, 0.15) is 50.7 Å². The summed E-state index contributed by atoms with van der Waals surface area (Å²) in [6, 6.07) is 1.99. The van der Waals surface area contributed by atoms with Crippen molar-refractivity contribution in [1.82, 2.24) is 5.32 Å². The van der Waals surface area contributed by atoms with E-state index in [0.29, 0.717) is 30.0 Å². The van der Waals surface area contributed by atoms with Crippen LogP contribution in [0, 0.1) is 5.82 Å². The number of urea groups is 1. The van der Waals surface area contributed by atoms with E-state index in [9.17, 15) is 13.4 Å². The molecular formula is C20H29FN5O3S-. The van der Waals surface area contributed by atoms with E-state index in [1.54, 1.807) is 7.05 Å². The molecule has 0 saturated carbocycles. The second-order valence-electron chi connectivity index (χ2n) is 7.51. The zero-order valence-corrected chi connectivity index (χ0v) is 18.7. The fraction of sp³-hybridized carbons (Fsp3) is 0.500. The van der Waals surface area contributed by atoms with Crippen LogP contribution in [0.5, 0.6) is 0 Å². The molecule has 0 fully saturated rings. The number of rotatable bonds is 6. The first kappa shape index (κ1) is 23.8. The summed E-state index contributed by atoms with van der Waals surface area (Å²) in [5.41, 5.74) is 7.34. The summed E-state index contributed by atoms with van der Waals surface area (Å²) in [5, 5.41) is 5.70. The monoisotopic (exact) mass is 438 g/mol. The number of carbonyl (C=O) groups is 1. The van der Waals surface area contributed by atoms with E-state index >= 15 is 0 Å². The van der Waals surface area contributed by atoms with Crippen molar-refractivity contribution in [2.24, 2.45) is 15.1 Å². The first-order valence-electron chi connectivity index (χ1n) is 9.72. The average Bonchev–Trinajstić information content (AvgIpc) is 2.69. The fourth-order valence-electron chi connectivity index (χ4n) is 2.96. The molecule has 2 rings (SSSR count). The topological polar surface area (TPSA) is 118 Å².